The molecule has 7 nitrogen and oxygen atoms in total. The fourth-order valence-electron chi connectivity index (χ4n) is 2.92. The molecule has 9 heteroatoms. The molecule has 1 aromatic rings. The van der Waals surface area contributed by atoms with Gasteiger partial charge in [-0.3, -0.25) is 4.79 Å². The Morgan fingerprint density at radius 3 is 2.27 bits per heavy atom. The molecule has 0 saturated carbocycles. The van der Waals surface area contributed by atoms with E-state index >= 15 is 0 Å². The number of ether oxygens (including phenoxy) is 1. The number of rotatable bonds is 5. The van der Waals surface area contributed by atoms with Crippen LogP contribution < -0.4 is 5.32 Å². The highest BCUT2D eigenvalue weighted by Crippen LogP contribution is 2.28. The first-order chi connectivity index (χ1) is 11.9. The molecule has 1 saturated heterocycles. The molecular weight excluding hydrogens is 378 g/mol. The number of sulfone groups is 2. The lowest BCUT2D eigenvalue weighted by molar-refractivity contribution is -0.139. The van der Waals surface area contributed by atoms with Gasteiger partial charge in [-0.25, -0.2) is 16.8 Å². The van der Waals surface area contributed by atoms with E-state index in [2.05, 4.69) is 10.1 Å². The van der Waals surface area contributed by atoms with Gasteiger partial charge in [0.1, 0.15) is 0 Å². The molecule has 0 amide bonds. The van der Waals surface area contributed by atoms with Gasteiger partial charge >= 0.3 is 5.97 Å². The maximum Gasteiger partial charge on any atom is 0.319 e. The summed E-state index contributed by atoms with van der Waals surface area (Å²) in [5.41, 5.74) is 0.861. The molecule has 2 rings (SSSR count). The second-order valence-electron chi connectivity index (χ2n) is 7.50. The lowest BCUT2D eigenvalue weighted by Crippen LogP contribution is -2.45. The van der Waals surface area contributed by atoms with Crippen LogP contribution >= 0.6 is 0 Å². The van der Waals surface area contributed by atoms with Crippen molar-refractivity contribution >= 4 is 25.6 Å². The van der Waals surface area contributed by atoms with Crippen molar-refractivity contribution in [1.29, 1.82) is 0 Å². The Hall–Kier alpha value is -1.45. The van der Waals surface area contributed by atoms with Gasteiger partial charge in [0.2, 0.25) is 0 Å². The molecule has 146 valence electrons. The van der Waals surface area contributed by atoms with Crippen molar-refractivity contribution < 1.29 is 26.4 Å². The largest absolute Gasteiger partial charge is 0.468 e. The average molecular weight is 404 g/mol. The third-order valence-electron chi connectivity index (χ3n) is 4.48. The van der Waals surface area contributed by atoms with Crippen molar-refractivity contribution in [3.05, 3.63) is 29.8 Å². The zero-order valence-electron chi connectivity index (χ0n) is 15.4. The molecule has 0 unspecified atom stereocenters. The summed E-state index contributed by atoms with van der Waals surface area (Å²) < 4.78 is 54.5. The smallest absolute Gasteiger partial charge is 0.319 e. The van der Waals surface area contributed by atoms with Crippen LogP contribution in [0.2, 0.25) is 0 Å². The van der Waals surface area contributed by atoms with Crippen LogP contribution in [0, 0.1) is 0 Å². The average Bonchev–Trinajstić information content (AvgIpc) is 2.87. The molecule has 1 fully saturated rings. The summed E-state index contributed by atoms with van der Waals surface area (Å²) in [4.78, 5) is 11.4. The predicted molar refractivity (Wildman–Crippen MR) is 98.6 cm³/mol. The van der Waals surface area contributed by atoms with E-state index in [1.807, 2.05) is 20.8 Å². The highest BCUT2D eigenvalue weighted by molar-refractivity contribution is 7.96. The first-order valence-corrected chi connectivity index (χ1v) is 11.6. The number of carbonyl (C=O) groups is 1. The number of nitrogens with one attached hydrogen (secondary N) is 1. The van der Waals surface area contributed by atoms with E-state index in [4.69, 9.17) is 0 Å². The van der Waals surface area contributed by atoms with E-state index in [0.29, 0.717) is 0 Å². The van der Waals surface area contributed by atoms with Crippen molar-refractivity contribution in [2.45, 2.75) is 42.4 Å². The summed E-state index contributed by atoms with van der Waals surface area (Å²) >= 11 is 0. The van der Waals surface area contributed by atoms with E-state index in [0.717, 1.165) is 5.56 Å². The fraction of sp³-hybridized carbons (Fsp3) is 0.588. The normalized spacial score (nSPS) is 22.9. The lowest BCUT2D eigenvalue weighted by Gasteiger charge is -2.21. The van der Waals surface area contributed by atoms with Gasteiger partial charge in [-0.2, -0.15) is 0 Å². The van der Waals surface area contributed by atoms with Crippen molar-refractivity contribution in [2.24, 2.45) is 0 Å². The Labute approximate surface area is 155 Å². The van der Waals surface area contributed by atoms with Gasteiger partial charge < -0.3 is 10.1 Å². The van der Waals surface area contributed by atoms with E-state index in [9.17, 15) is 21.6 Å². The third-order valence-corrected chi connectivity index (χ3v) is 8.65. The quantitative estimate of drug-likeness (QED) is 0.721. The van der Waals surface area contributed by atoms with Gasteiger partial charge in [0, 0.05) is 6.04 Å². The molecule has 0 spiro atoms. The molecule has 1 aliphatic rings. The van der Waals surface area contributed by atoms with E-state index in [1.54, 1.807) is 12.1 Å². The number of methoxy groups -OCH3 is 1. The van der Waals surface area contributed by atoms with E-state index in [1.165, 1.54) is 19.2 Å². The standard InChI is InChI=1S/C17H25NO6S2/c1-17(2,3)12-5-7-13(8-6-12)26(22,23)15-11-25(20,21)10-14(15)18-9-16(19)24-4/h5-8,14-15,18H,9-11H2,1-4H3/t14-,15-/m0/s1. The van der Waals surface area contributed by atoms with Gasteiger partial charge in [0.25, 0.3) is 0 Å². The fourth-order valence-corrected chi connectivity index (χ4v) is 7.63. The monoisotopic (exact) mass is 403 g/mol. The number of benzene rings is 1. The zero-order valence-corrected chi connectivity index (χ0v) is 17.0. The highest BCUT2D eigenvalue weighted by Gasteiger charge is 2.45. The van der Waals surface area contributed by atoms with E-state index in [-0.39, 0.29) is 22.6 Å². The number of carbonyl (C=O) groups excluding carboxylic acids is 1. The third kappa shape index (κ3) is 4.63. The predicted octanol–water partition coefficient (Wildman–Crippen LogP) is 0.686. The van der Waals surface area contributed by atoms with Crippen molar-refractivity contribution in [2.75, 3.05) is 25.2 Å². The molecular formula is C17H25NO6S2. The molecule has 0 aliphatic carbocycles. The second-order valence-corrected chi connectivity index (χ2v) is 11.8. The van der Waals surface area contributed by atoms with Crippen LogP contribution in [0.15, 0.2) is 29.2 Å². The van der Waals surface area contributed by atoms with Crippen molar-refractivity contribution in [1.82, 2.24) is 5.32 Å². The van der Waals surface area contributed by atoms with Gasteiger partial charge in [-0.05, 0) is 23.1 Å². The summed E-state index contributed by atoms with van der Waals surface area (Å²) in [7, 11) is -6.18. The van der Waals surface area contributed by atoms with Gasteiger partial charge in [0.05, 0.1) is 35.3 Å². The second kappa shape index (κ2) is 7.28. The molecule has 1 heterocycles. The first-order valence-electron chi connectivity index (χ1n) is 8.22. The maximum atomic E-state index is 13.0. The van der Waals surface area contributed by atoms with Crippen LogP contribution in [0.3, 0.4) is 0 Å². The Morgan fingerprint density at radius 2 is 1.77 bits per heavy atom. The first kappa shape index (κ1) is 20.9. The SMILES string of the molecule is COC(=O)CN[C@H]1CS(=O)(=O)C[C@@H]1S(=O)(=O)c1ccc(C(C)(C)C)cc1. The lowest BCUT2D eigenvalue weighted by atomic mass is 9.87. The Bertz CT molecular complexity index is 867. The van der Waals surface area contributed by atoms with Crippen molar-refractivity contribution in [3.8, 4) is 0 Å². The van der Waals surface area contributed by atoms with Crippen LogP contribution in [-0.4, -0.2) is 59.3 Å². The topological polar surface area (TPSA) is 107 Å². The Balaban J connectivity index is 2.31. The molecule has 1 N–H and O–H groups in total. The number of hydrogen-bond acceptors (Lipinski definition) is 7. The molecule has 0 bridgehead atoms. The molecule has 2 atom stereocenters. The maximum absolute atomic E-state index is 13.0. The van der Waals surface area contributed by atoms with Crippen LogP contribution in [0.5, 0.6) is 0 Å². The molecule has 0 radical (unpaired) electrons. The Morgan fingerprint density at radius 1 is 1.19 bits per heavy atom. The van der Waals surface area contributed by atoms with Gasteiger partial charge in [-0.1, -0.05) is 32.9 Å². The minimum absolute atomic E-state index is 0.0810. The molecule has 0 aromatic heterocycles. The van der Waals surface area contributed by atoms with Crippen LogP contribution in [-0.2, 0) is 34.6 Å². The van der Waals surface area contributed by atoms with Crippen LogP contribution in [0.25, 0.3) is 0 Å². The molecule has 1 aromatic carbocycles. The highest BCUT2D eigenvalue weighted by atomic mass is 32.2. The minimum atomic E-state index is -3.87. The van der Waals surface area contributed by atoms with Crippen LogP contribution in [0.1, 0.15) is 26.3 Å². The molecule has 1 aliphatic heterocycles. The van der Waals surface area contributed by atoms with Gasteiger partial charge in [-0.15, -0.1) is 0 Å². The Kier molecular flexibility index (Phi) is 5.84. The zero-order chi connectivity index (χ0) is 19.8. The summed E-state index contributed by atoms with van der Waals surface area (Å²) in [5, 5.41) is 1.58. The summed E-state index contributed by atoms with van der Waals surface area (Å²) in [5.74, 6) is -1.37. The summed E-state index contributed by atoms with van der Waals surface area (Å²) in [6, 6.07) is 5.66. The van der Waals surface area contributed by atoms with E-state index < -0.39 is 42.7 Å². The summed E-state index contributed by atoms with van der Waals surface area (Å²) in [6.07, 6.45) is 0. The minimum Gasteiger partial charge on any atom is -0.468 e. The van der Waals surface area contributed by atoms with Gasteiger partial charge in [0.15, 0.2) is 19.7 Å². The van der Waals surface area contributed by atoms with Crippen molar-refractivity contribution in [3.63, 3.8) is 0 Å². The summed E-state index contributed by atoms with van der Waals surface area (Å²) in [6.45, 7) is 5.82. The number of esters is 1. The number of hydrogen-bond donors (Lipinski definition) is 1. The molecule has 26 heavy (non-hydrogen) atoms. The van der Waals surface area contributed by atoms with Crippen LogP contribution in [0.4, 0.5) is 0 Å².